The first-order valence-corrected chi connectivity index (χ1v) is 3.57. The zero-order valence-electron chi connectivity index (χ0n) is 6.70. The van der Waals surface area contributed by atoms with Gasteiger partial charge in [-0.25, -0.2) is 9.59 Å². The van der Waals surface area contributed by atoms with E-state index in [1.54, 1.807) is 0 Å². The van der Waals surface area contributed by atoms with Crippen LogP contribution in [-0.2, 0) is 4.79 Å². The van der Waals surface area contributed by atoms with Crippen molar-refractivity contribution in [1.29, 1.82) is 0 Å². The first-order chi connectivity index (χ1) is 5.61. The fourth-order valence-corrected chi connectivity index (χ4v) is 0.899. The molecule has 0 aromatic carbocycles. The molecule has 1 aliphatic heterocycles. The number of hydrogen-bond acceptors (Lipinski definition) is 2. The Kier molecular flexibility index (Phi) is 2.32. The monoisotopic (exact) mass is 170 g/mol. The molecule has 1 fully saturated rings. The first-order valence-electron chi connectivity index (χ1n) is 3.57. The number of nitrogens with zero attached hydrogens (tertiary/aromatic N) is 1. The maximum Gasteiger partial charge on any atom is 0.332 e. The standard InChI is InChI=1S/C7H10N2O3/c1-5(6(10)11)4-9-3-2-8-7(9)12/h4H,2-3H2,1H3,(H,8,12)(H,10,11)/b5-4+. The molecule has 66 valence electrons. The molecule has 0 aliphatic carbocycles. The van der Waals surface area contributed by atoms with Crippen molar-refractivity contribution in [2.45, 2.75) is 6.92 Å². The SMILES string of the molecule is C/C(=C\N1CCNC1=O)C(=O)O. The Hall–Kier alpha value is -1.52. The Morgan fingerprint density at radius 2 is 2.42 bits per heavy atom. The van der Waals surface area contributed by atoms with Gasteiger partial charge in [0, 0.05) is 19.3 Å². The lowest BCUT2D eigenvalue weighted by molar-refractivity contribution is -0.132. The lowest BCUT2D eigenvalue weighted by atomic mass is 10.3. The van der Waals surface area contributed by atoms with E-state index in [9.17, 15) is 9.59 Å². The van der Waals surface area contributed by atoms with Crippen molar-refractivity contribution < 1.29 is 14.7 Å². The lowest BCUT2D eigenvalue weighted by Crippen LogP contribution is -2.23. The van der Waals surface area contributed by atoms with Gasteiger partial charge in [0.2, 0.25) is 0 Å². The second kappa shape index (κ2) is 3.25. The molecule has 2 amide bonds. The number of carbonyl (C=O) groups is 2. The number of nitrogens with one attached hydrogen (secondary N) is 1. The predicted octanol–water partition coefficient (Wildman–Crippen LogP) is 0. The zero-order valence-corrected chi connectivity index (χ0v) is 6.70. The van der Waals surface area contributed by atoms with Crippen molar-refractivity contribution in [3.05, 3.63) is 11.8 Å². The van der Waals surface area contributed by atoms with Crippen molar-refractivity contribution in [1.82, 2.24) is 10.2 Å². The summed E-state index contributed by atoms with van der Waals surface area (Å²) in [5.41, 5.74) is 0.159. The van der Waals surface area contributed by atoms with Crippen molar-refractivity contribution in [2.75, 3.05) is 13.1 Å². The van der Waals surface area contributed by atoms with E-state index < -0.39 is 5.97 Å². The third-order valence-electron chi connectivity index (χ3n) is 1.58. The van der Waals surface area contributed by atoms with E-state index in [0.29, 0.717) is 13.1 Å². The van der Waals surface area contributed by atoms with Crippen LogP contribution in [0.2, 0.25) is 0 Å². The van der Waals surface area contributed by atoms with Crippen LogP contribution in [0.4, 0.5) is 4.79 Å². The van der Waals surface area contributed by atoms with Crippen LogP contribution in [-0.4, -0.2) is 35.1 Å². The first kappa shape index (κ1) is 8.58. The van der Waals surface area contributed by atoms with Gasteiger partial charge in [0.1, 0.15) is 0 Å². The van der Waals surface area contributed by atoms with Crippen molar-refractivity contribution in [3.8, 4) is 0 Å². The molecule has 0 unspecified atom stereocenters. The summed E-state index contributed by atoms with van der Waals surface area (Å²) in [5, 5.41) is 11.1. The molecule has 1 aliphatic rings. The molecule has 0 saturated carbocycles. The van der Waals surface area contributed by atoms with Gasteiger partial charge in [0.05, 0.1) is 5.57 Å². The maximum absolute atomic E-state index is 10.9. The molecule has 5 heteroatoms. The number of hydrogen-bond donors (Lipinski definition) is 2. The van der Waals surface area contributed by atoms with Gasteiger partial charge in [0.25, 0.3) is 0 Å². The van der Waals surface area contributed by atoms with Gasteiger partial charge in [-0.15, -0.1) is 0 Å². The minimum absolute atomic E-state index is 0.159. The van der Waals surface area contributed by atoms with Crippen LogP contribution in [0.25, 0.3) is 0 Å². The van der Waals surface area contributed by atoms with Gasteiger partial charge in [-0.05, 0) is 6.92 Å². The number of carboxylic acids is 1. The van der Waals surface area contributed by atoms with Crippen LogP contribution in [0.5, 0.6) is 0 Å². The maximum atomic E-state index is 10.9. The van der Waals surface area contributed by atoms with Gasteiger partial charge >= 0.3 is 12.0 Å². The highest BCUT2D eigenvalue weighted by molar-refractivity contribution is 5.87. The van der Waals surface area contributed by atoms with Crippen LogP contribution >= 0.6 is 0 Å². The highest BCUT2D eigenvalue weighted by Crippen LogP contribution is 2.01. The number of rotatable bonds is 2. The summed E-state index contributed by atoms with van der Waals surface area (Å²) in [6.45, 7) is 2.56. The smallest absolute Gasteiger partial charge is 0.332 e. The summed E-state index contributed by atoms with van der Waals surface area (Å²) in [6.07, 6.45) is 1.34. The van der Waals surface area contributed by atoms with Crippen LogP contribution in [0.15, 0.2) is 11.8 Å². The number of carboxylic acid groups (broad SMARTS) is 1. The normalized spacial score (nSPS) is 17.9. The van der Waals surface area contributed by atoms with Crippen LogP contribution in [0.3, 0.4) is 0 Å². The van der Waals surface area contributed by atoms with Gasteiger partial charge < -0.3 is 10.4 Å². The average molecular weight is 170 g/mol. The number of carbonyl (C=O) groups excluding carboxylic acids is 1. The molecule has 5 nitrogen and oxygen atoms in total. The minimum atomic E-state index is -1.00. The van der Waals surface area contributed by atoms with Crippen LogP contribution in [0, 0.1) is 0 Å². The molecule has 12 heavy (non-hydrogen) atoms. The Balaban J connectivity index is 2.66. The fourth-order valence-electron chi connectivity index (χ4n) is 0.899. The Bertz CT molecular complexity index is 247. The van der Waals surface area contributed by atoms with Crippen LogP contribution in [0.1, 0.15) is 6.92 Å². The molecule has 2 N–H and O–H groups in total. The van der Waals surface area contributed by atoms with E-state index in [1.165, 1.54) is 18.0 Å². The second-order valence-corrected chi connectivity index (χ2v) is 2.54. The van der Waals surface area contributed by atoms with Crippen molar-refractivity contribution in [2.24, 2.45) is 0 Å². The van der Waals surface area contributed by atoms with E-state index in [1.807, 2.05) is 0 Å². The second-order valence-electron chi connectivity index (χ2n) is 2.54. The minimum Gasteiger partial charge on any atom is -0.478 e. The molecule has 1 rings (SSSR count). The molecule has 0 aromatic heterocycles. The molecule has 0 bridgehead atoms. The highest BCUT2D eigenvalue weighted by atomic mass is 16.4. The molecule has 1 saturated heterocycles. The van der Waals surface area contributed by atoms with Crippen molar-refractivity contribution in [3.63, 3.8) is 0 Å². The van der Waals surface area contributed by atoms with Gasteiger partial charge in [-0.1, -0.05) is 0 Å². The molecule has 0 spiro atoms. The average Bonchev–Trinajstić information content (AvgIpc) is 2.36. The van der Waals surface area contributed by atoms with Crippen LogP contribution < -0.4 is 5.32 Å². The largest absolute Gasteiger partial charge is 0.478 e. The number of urea groups is 1. The van der Waals surface area contributed by atoms with E-state index in [4.69, 9.17) is 5.11 Å². The summed E-state index contributed by atoms with van der Waals surface area (Å²) < 4.78 is 0. The van der Waals surface area contributed by atoms with Gasteiger partial charge in [-0.3, -0.25) is 4.90 Å². The third kappa shape index (κ3) is 1.75. The summed E-state index contributed by atoms with van der Waals surface area (Å²) >= 11 is 0. The van der Waals surface area contributed by atoms with E-state index in [2.05, 4.69) is 5.32 Å². The molecule has 1 heterocycles. The topological polar surface area (TPSA) is 69.6 Å². The summed E-state index contributed by atoms with van der Waals surface area (Å²) in [4.78, 5) is 22.6. The quantitative estimate of drug-likeness (QED) is 0.573. The molecular formula is C7H10N2O3. The third-order valence-corrected chi connectivity index (χ3v) is 1.58. The molecular weight excluding hydrogens is 160 g/mol. The zero-order chi connectivity index (χ0) is 9.14. The molecule has 0 aromatic rings. The summed E-state index contributed by atoms with van der Waals surface area (Å²) in [5.74, 6) is -1.00. The summed E-state index contributed by atoms with van der Waals surface area (Å²) in [6, 6.07) is -0.240. The predicted molar refractivity (Wildman–Crippen MR) is 41.5 cm³/mol. The Morgan fingerprint density at radius 1 is 1.75 bits per heavy atom. The number of amides is 2. The van der Waals surface area contributed by atoms with E-state index in [-0.39, 0.29) is 11.6 Å². The van der Waals surface area contributed by atoms with Gasteiger partial charge in [-0.2, -0.15) is 0 Å². The lowest BCUT2D eigenvalue weighted by Gasteiger charge is -2.07. The highest BCUT2D eigenvalue weighted by Gasteiger charge is 2.17. The fraction of sp³-hybridized carbons (Fsp3) is 0.429. The number of aliphatic carboxylic acids is 1. The van der Waals surface area contributed by atoms with E-state index in [0.717, 1.165) is 0 Å². The van der Waals surface area contributed by atoms with Gasteiger partial charge in [0.15, 0.2) is 0 Å². The van der Waals surface area contributed by atoms with E-state index >= 15 is 0 Å². The Labute approximate surface area is 69.7 Å². The molecule has 0 atom stereocenters. The summed E-state index contributed by atoms with van der Waals surface area (Å²) in [7, 11) is 0. The Morgan fingerprint density at radius 3 is 2.83 bits per heavy atom. The van der Waals surface area contributed by atoms with Crippen molar-refractivity contribution >= 4 is 12.0 Å². The molecule has 0 radical (unpaired) electrons.